The summed E-state index contributed by atoms with van der Waals surface area (Å²) in [6.07, 6.45) is 4.87. The van der Waals surface area contributed by atoms with Crippen LogP contribution in [-0.4, -0.2) is 43.3 Å². The van der Waals surface area contributed by atoms with Crippen molar-refractivity contribution in [3.05, 3.63) is 107 Å². The highest BCUT2D eigenvalue weighted by Crippen LogP contribution is 2.26. The van der Waals surface area contributed by atoms with Gasteiger partial charge in [0.25, 0.3) is 0 Å². The minimum Gasteiger partial charge on any atom is -0.484 e. The molecule has 0 bridgehead atoms. The minimum absolute atomic E-state index is 0.0834. The van der Waals surface area contributed by atoms with Gasteiger partial charge >= 0.3 is 5.97 Å². The van der Waals surface area contributed by atoms with Crippen LogP contribution in [-0.2, 0) is 24.3 Å². The predicted molar refractivity (Wildman–Crippen MR) is 148 cm³/mol. The van der Waals surface area contributed by atoms with Gasteiger partial charge in [0.2, 0.25) is 5.88 Å². The summed E-state index contributed by atoms with van der Waals surface area (Å²) in [5.41, 5.74) is 4.05. The Kier molecular flexibility index (Phi) is 7.30. The zero-order valence-electron chi connectivity index (χ0n) is 22.3. The van der Waals surface area contributed by atoms with Gasteiger partial charge in [-0.25, -0.2) is 19.2 Å². The number of hydrogen-bond acceptors (Lipinski definition) is 7. The van der Waals surface area contributed by atoms with Crippen molar-refractivity contribution in [1.29, 1.82) is 0 Å². The van der Waals surface area contributed by atoms with Gasteiger partial charge in [-0.2, -0.15) is 0 Å². The van der Waals surface area contributed by atoms with E-state index in [1.165, 1.54) is 6.07 Å². The van der Waals surface area contributed by atoms with E-state index in [1.54, 1.807) is 60.9 Å². The van der Waals surface area contributed by atoms with Crippen LogP contribution in [0.1, 0.15) is 39.4 Å². The number of imidazole rings is 1. The van der Waals surface area contributed by atoms with Crippen molar-refractivity contribution in [3.8, 4) is 17.4 Å². The molecule has 208 valence electrons. The first-order valence-electron chi connectivity index (χ1n) is 13.2. The van der Waals surface area contributed by atoms with Gasteiger partial charge in [0.05, 0.1) is 34.9 Å². The fourth-order valence-corrected chi connectivity index (χ4v) is 4.63. The van der Waals surface area contributed by atoms with Crippen molar-refractivity contribution in [3.63, 3.8) is 0 Å². The molecule has 10 heteroatoms. The largest absolute Gasteiger partial charge is 0.484 e. The maximum atomic E-state index is 14.1. The lowest BCUT2D eigenvalue weighted by molar-refractivity contribution is -0.0589. The molecule has 41 heavy (non-hydrogen) atoms. The molecule has 1 N–H and O–H groups in total. The fraction of sp³-hybridized carbons (Fsp3) is 0.226. The van der Waals surface area contributed by atoms with Crippen LogP contribution >= 0.6 is 0 Å². The number of fused-ring (bicyclic) bond motifs is 1. The van der Waals surface area contributed by atoms with Crippen molar-refractivity contribution in [2.45, 2.75) is 39.0 Å². The van der Waals surface area contributed by atoms with Crippen molar-refractivity contribution in [2.75, 3.05) is 6.61 Å². The number of aromatic carboxylic acids is 1. The molecular weight excluding hydrogens is 527 g/mol. The van der Waals surface area contributed by atoms with Gasteiger partial charge in [-0.3, -0.25) is 4.98 Å². The molecule has 0 spiro atoms. The number of nitrogens with zero attached hydrogens (tertiary/aromatic N) is 4. The summed E-state index contributed by atoms with van der Waals surface area (Å²) in [6, 6.07) is 16.9. The van der Waals surface area contributed by atoms with Crippen LogP contribution in [0.4, 0.5) is 4.39 Å². The summed E-state index contributed by atoms with van der Waals surface area (Å²) in [5.74, 6) is 0.501. The highest BCUT2D eigenvalue weighted by molar-refractivity contribution is 5.92. The molecule has 0 saturated carbocycles. The predicted octanol–water partition coefficient (Wildman–Crippen LogP) is 5.72. The number of carbonyl (C=O) groups is 1. The molecule has 1 saturated heterocycles. The molecule has 0 radical (unpaired) electrons. The number of carboxylic acids is 1. The lowest BCUT2D eigenvalue weighted by atomic mass is 10.1. The van der Waals surface area contributed by atoms with E-state index < -0.39 is 11.8 Å². The molecule has 0 amide bonds. The number of rotatable bonds is 10. The van der Waals surface area contributed by atoms with Crippen LogP contribution in [0.3, 0.4) is 0 Å². The molecule has 9 nitrogen and oxygen atoms in total. The molecule has 6 rings (SSSR count). The summed E-state index contributed by atoms with van der Waals surface area (Å²) < 4.78 is 33.3. The molecule has 0 aliphatic carbocycles. The average Bonchev–Trinajstić information content (AvgIpc) is 3.27. The smallest absolute Gasteiger partial charge is 0.335 e. The average molecular weight is 555 g/mol. The number of aromatic nitrogens is 4. The zero-order valence-corrected chi connectivity index (χ0v) is 22.3. The maximum Gasteiger partial charge on any atom is 0.335 e. The Morgan fingerprint density at radius 3 is 2.73 bits per heavy atom. The van der Waals surface area contributed by atoms with Crippen LogP contribution in [0.25, 0.3) is 11.0 Å². The first-order valence-corrected chi connectivity index (χ1v) is 13.2. The van der Waals surface area contributed by atoms with Crippen LogP contribution in [0.5, 0.6) is 17.4 Å². The number of ether oxygens (including phenoxy) is 3. The second kappa shape index (κ2) is 11.3. The number of pyridine rings is 2. The zero-order chi connectivity index (χ0) is 28.3. The number of carboxylic acid groups (broad SMARTS) is 1. The number of hydrogen-bond donors (Lipinski definition) is 1. The van der Waals surface area contributed by atoms with Crippen molar-refractivity contribution in [2.24, 2.45) is 0 Å². The van der Waals surface area contributed by atoms with E-state index in [1.807, 2.05) is 17.6 Å². The standard InChI is InChI=1S/C31H27FN4O5/c1-19-2-6-28(25(32)12-19)40-18-22-15-23(8-10-33-22)41-30-7-3-20(16-34-30)13-29-35-26-5-4-21(31(37)38)14-27(26)36(29)17-24-9-11-39-24/h2-8,10,12,14-16,24H,9,11,13,17-18H2,1H3,(H,37,38)/t24-/m0/s1. The summed E-state index contributed by atoms with van der Waals surface area (Å²) in [5, 5.41) is 9.46. The lowest BCUT2D eigenvalue weighted by Crippen LogP contribution is -2.31. The molecular formula is C31H27FN4O5. The van der Waals surface area contributed by atoms with Gasteiger partial charge in [-0.05, 0) is 60.9 Å². The van der Waals surface area contributed by atoms with Crippen molar-refractivity contribution in [1.82, 2.24) is 19.5 Å². The molecule has 1 aliphatic rings. The molecule has 3 aromatic heterocycles. The topological polar surface area (TPSA) is 109 Å². The highest BCUT2D eigenvalue weighted by atomic mass is 19.1. The quantitative estimate of drug-likeness (QED) is 0.233. The van der Waals surface area contributed by atoms with Crippen LogP contribution in [0, 0.1) is 12.7 Å². The van der Waals surface area contributed by atoms with Gasteiger partial charge in [0, 0.05) is 37.6 Å². The van der Waals surface area contributed by atoms with E-state index >= 15 is 0 Å². The summed E-state index contributed by atoms with van der Waals surface area (Å²) in [6.45, 7) is 3.24. The number of benzene rings is 2. The second-order valence-electron chi connectivity index (χ2n) is 9.92. The Balaban J connectivity index is 1.15. The Bertz CT molecular complexity index is 1720. The highest BCUT2D eigenvalue weighted by Gasteiger charge is 2.22. The third kappa shape index (κ3) is 6.02. The molecule has 1 aliphatic heterocycles. The SMILES string of the molecule is Cc1ccc(OCc2cc(Oc3ccc(Cc4nc5ccc(C(=O)O)cc5n4C[C@@H]4CCO4)cn3)ccn2)c(F)c1. The third-order valence-corrected chi connectivity index (χ3v) is 6.89. The summed E-state index contributed by atoms with van der Waals surface area (Å²) in [7, 11) is 0. The Hall–Kier alpha value is -4.83. The molecule has 4 heterocycles. The first-order chi connectivity index (χ1) is 19.9. The normalized spacial score (nSPS) is 14.5. The fourth-order valence-electron chi connectivity index (χ4n) is 4.63. The Morgan fingerprint density at radius 2 is 2.00 bits per heavy atom. The molecule has 1 atom stereocenters. The Labute approximate surface area is 235 Å². The molecule has 5 aromatic rings. The van der Waals surface area contributed by atoms with E-state index in [2.05, 4.69) is 9.97 Å². The molecule has 0 unspecified atom stereocenters. The second-order valence-corrected chi connectivity index (χ2v) is 9.92. The summed E-state index contributed by atoms with van der Waals surface area (Å²) in [4.78, 5) is 25.1. The van der Waals surface area contributed by atoms with E-state index in [0.717, 1.165) is 41.0 Å². The molecule has 2 aromatic carbocycles. The Morgan fingerprint density at radius 1 is 1.12 bits per heavy atom. The minimum atomic E-state index is -0.977. The maximum absolute atomic E-state index is 14.1. The van der Waals surface area contributed by atoms with Crippen molar-refractivity contribution < 1.29 is 28.5 Å². The van der Waals surface area contributed by atoms with Gasteiger partial charge < -0.3 is 23.9 Å². The van der Waals surface area contributed by atoms with Gasteiger partial charge in [0.15, 0.2) is 11.6 Å². The summed E-state index contributed by atoms with van der Waals surface area (Å²) >= 11 is 0. The number of halogens is 1. The van der Waals surface area contributed by atoms with Crippen LogP contribution in [0.2, 0.25) is 0 Å². The van der Waals surface area contributed by atoms with Crippen LogP contribution < -0.4 is 9.47 Å². The third-order valence-electron chi connectivity index (χ3n) is 6.89. The van der Waals surface area contributed by atoms with E-state index in [4.69, 9.17) is 19.2 Å². The van der Waals surface area contributed by atoms with Crippen LogP contribution in [0.15, 0.2) is 73.1 Å². The van der Waals surface area contributed by atoms with E-state index in [-0.39, 0.29) is 24.0 Å². The van der Waals surface area contributed by atoms with E-state index in [9.17, 15) is 14.3 Å². The van der Waals surface area contributed by atoms with Gasteiger partial charge in [0.1, 0.15) is 18.2 Å². The van der Waals surface area contributed by atoms with Crippen molar-refractivity contribution >= 4 is 17.0 Å². The monoisotopic (exact) mass is 554 g/mol. The van der Waals surface area contributed by atoms with Gasteiger partial charge in [-0.1, -0.05) is 12.1 Å². The first kappa shape index (κ1) is 26.4. The molecule has 1 fully saturated rings. The van der Waals surface area contributed by atoms with Gasteiger partial charge in [-0.15, -0.1) is 0 Å². The number of aryl methyl sites for hydroxylation is 1. The lowest BCUT2D eigenvalue weighted by Gasteiger charge is -2.27. The van der Waals surface area contributed by atoms with E-state index in [0.29, 0.717) is 30.3 Å².